The van der Waals surface area contributed by atoms with Crippen molar-refractivity contribution in [3.05, 3.63) is 53.0 Å². The number of hydrogen-bond acceptors (Lipinski definition) is 4. The number of nitrogens with two attached hydrogens (primary N) is 1. The second-order valence-corrected chi connectivity index (χ2v) is 3.94. The molecule has 0 fully saturated rings. The third kappa shape index (κ3) is 2.30. The lowest BCUT2D eigenvalue weighted by Crippen LogP contribution is -2.09. The number of pyridine rings is 2. The number of rotatable bonds is 2. The molecule has 0 spiro atoms. The molecule has 2 N–H and O–H groups in total. The molecule has 2 aromatic heterocycles. The van der Waals surface area contributed by atoms with Gasteiger partial charge in [0.2, 0.25) is 5.78 Å². The normalized spacial score (nSPS) is 10.2. The smallest absolute Gasteiger partial charge is 0.215 e. The summed E-state index contributed by atoms with van der Waals surface area (Å²) in [4.78, 5) is 20.4. The van der Waals surface area contributed by atoms with Gasteiger partial charge in [0.05, 0.1) is 5.56 Å². The van der Waals surface area contributed by atoms with Crippen LogP contribution < -0.4 is 5.73 Å². The average molecular weight is 227 g/mol. The van der Waals surface area contributed by atoms with Crippen molar-refractivity contribution in [3.63, 3.8) is 0 Å². The third-order valence-corrected chi connectivity index (χ3v) is 2.42. The van der Waals surface area contributed by atoms with Gasteiger partial charge in [0, 0.05) is 11.9 Å². The molecule has 0 bridgehead atoms. The first kappa shape index (κ1) is 11.3. The van der Waals surface area contributed by atoms with Gasteiger partial charge in [-0.05, 0) is 37.6 Å². The molecular formula is C13H13N3O. The van der Waals surface area contributed by atoms with Crippen molar-refractivity contribution in [3.8, 4) is 0 Å². The molecule has 0 amide bonds. The van der Waals surface area contributed by atoms with Crippen LogP contribution >= 0.6 is 0 Å². The van der Waals surface area contributed by atoms with Crippen molar-refractivity contribution in [1.82, 2.24) is 9.97 Å². The van der Waals surface area contributed by atoms with E-state index in [4.69, 9.17) is 5.73 Å². The van der Waals surface area contributed by atoms with E-state index in [0.717, 1.165) is 11.3 Å². The predicted molar refractivity (Wildman–Crippen MR) is 65.8 cm³/mol. The van der Waals surface area contributed by atoms with Gasteiger partial charge >= 0.3 is 0 Å². The summed E-state index contributed by atoms with van der Waals surface area (Å²) in [7, 11) is 0. The number of anilines is 1. The van der Waals surface area contributed by atoms with E-state index in [2.05, 4.69) is 9.97 Å². The first-order chi connectivity index (χ1) is 8.08. The van der Waals surface area contributed by atoms with Crippen LogP contribution in [0.25, 0.3) is 0 Å². The van der Waals surface area contributed by atoms with Gasteiger partial charge in [-0.3, -0.25) is 4.79 Å². The van der Waals surface area contributed by atoms with Gasteiger partial charge < -0.3 is 5.73 Å². The van der Waals surface area contributed by atoms with Crippen LogP contribution in [0.2, 0.25) is 0 Å². The lowest BCUT2D eigenvalue weighted by atomic mass is 10.1. The molecule has 0 aromatic carbocycles. The zero-order valence-corrected chi connectivity index (χ0v) is 9.77. The molecule has 4 heteroatoms. The van der Waals surface area contributed by atoms with Crippen LogP contribution in [0.15, 0.2) is 30.5 Å². The number of ketones is 1. The number of carbonyl (C=O) groups is 1. The Labute approximate surface area is 99.5 Å². The molecule has 17 heavy (non-hydrogen) atoms. The molecular weight excluding hydrogens is 214 g/mol. The maximum atomic E-state index is 12.2. The van der Waals surface area contributed by atoms with E-state index >= 15 is 0 Å². The first-order valence-corrected chi connectivity index (χ1v) is 5.28. The highest BCUT2D eigenvalue weighted by Gasteiger charge is 2.14. The topological polar surface area (TPSA) is 68.9 Å². The van der Waals surface area contributed by atoms with Crippen molar-refractivity contribution in [2.75, 3.05) is 5.73 Å². The summed E-state index contributed by atoms with van der Waals surface area (Å²) in [6.45, 7) is 3.71. The van der Waals surface area contributed by atoms with E-state index in [1.54, 1.807) is 24.4 Å². The lowest BCUT2D eigenvalue weighted by Gasteiger charge is -2.05. The van der Waals surface area contributed by atoms with E-state index in [0.29, 0.717) is 11.3 Å². The zero-order chi connectivity index (χ0) is 12.4. The van der Waals surface area contributed by atoms with Crippen molar-refractivity contribution in [2.24, 2.45) is 0 Å². The zero-order valence-electron chi connectivity index (χ0n) is 9.77. The molecule has 0 saturated heterocycles. The Bertz CT molecular complexity index is 579. The molecule has 2 rings (SSSR count). The van der Waals surface area contributed by atoms with E-state index in [1.165, 1.54) is 0 Å². The molecule has 0 saturated carbocycles. The maximum Gasteiger partial charge on any atom is 0.215 e. The quantitative estimate of drug-likeness (QED) is 0.795. The van der Waals surface area contributed by atoms with Gasteiger partial charge in [0.1, 0.15) is 11.5 Å². The molecule has 0 aliphatic heterocycles. The van der Waals surface area contributed by atoms with E-state index in [9.17, 15) is 4.79 Å². The Morgan fingerprint density at radius 3 is 2.76 bits per heavy atom. The fourth-order valence-corrected chi connectivity index (χ4v) is 1.57. The maximum absolute atomic E-state index is 12.2. The van der Waals surface area contributed by atoms with Crippen molar-refractivity contribution in [1.29, 1.82) is 0 Å². The molecule has 86 valence electrons. The van der Waals surface area contributed by atoms with E-state index < -0.39 is 0 Å². The summed E-state index contributed by atoms with van der Waals surface area (Å²) in [6, 6.07) is 7.05. The largest absolute Gasteiger partial charge is 0.383 e. The van der Waals surface area contributed by atoms with Crippen LogP contribution in [0.1, 0.15) is 27.3 Å². The van der Waals surface area contributed by atoms with Crippen LogP contribution in [-0.2, 0) is 0 Å². The molecule has 0 radical (unpaired) electrons. The minimum Gasteiger partial charge on any atom is -0.383 e. The van der Waals surface area contributed by atoms with Crippen LogP contribution in [0, 0.1) is 13.8 Å². The molecule has 0 unspecified atom stereocenters. The minimum atomic E-state index is -0.192. The highest BCUT2D eigenvalue weighted by molar-refractivity contribution is 6.10. The van der Waals surface area contributed by atoms with Gasteiger partial charge in [0.25, 0.3) is 0 Å². The van der Waals surface area contributed by atoms with Gasteiger partial charge in [-0.2, -0.15) is 0 Å². The van der Waals surface area contributed by atoms with Crippen LogP contribution in [0.5, 0.6) is 0 Å². The number of nitrogens with zero attached hydrogens (tertiary/aromatic N) is 2. The monoisotopic (exact) mass is 227 g/mol. The lowest BCUT2D eigenvalue weighted by molar-refractivity contribution is 0.103. The van der Waals surface area contributed by atoms with Crippen molar-refractivity contribution < 1.29 is 4.79 Å². The van der Waals surface area contributed by atoms with Gasteiger partial charge in [-0.15, -0.1) is 0 Å². The number of hydrogen-bond donors (Lipinski definition) is 1. The summed E-state index contributed by atoms with van der Waals surface area (Å²) < 4.78 is 0. The summed E-state index contributed by atoms with van der Waals surface area (Å²) >= 11 is 0. The highest BCUT2D eigenvalue weighted by atomic mass is 16.1. The average Bonchev–Trinajstić information content (AvgIpc) is 2.31. The van der Waals surface area contributed by atoms with Gasteiger partial charge in [0.15, 0.2) is 0 Å². The molecule has 4 nitrogen and oxygen atoms in total. The number of carbonyl (C=O) groups excluding carboxylic acids is 1. The SMILES string of the molecule is Cc1cnc(N)c(C(=O)c2cccc(C)n2)c1. The fourth-order valence-electron chi connectivity index (χ4n) is 1.57. The van der Waals surface area contributed by atoms with Crippen molar-refractivity contribution in [2.45, 2.75) is 13.8 Å². The Balaban J connectivity index is 2.47. The number of aryl methyl sites for hydroxylation is 2. The molecule has 0 aliphatic rings. The van der Waals surface area contributed by atoms with Gasteiger partial charge in [-0.25, -0.2) is 9.97 Å². The standard InChI is InChI=1S/C13H13N3O/c1-8-6-10(13(14)15-7-8)12(17)11-5-3-4-9(2)16-11/h3-7H,1-2H3,(H2,14,15). The minimum absolute atomic E-state index is 0.192. The van der Waals surface area contributed by atoms with Crippen molar-refractivity contribution >= 4 is 11.6 Å². The summed E-state index contributed by atoms with van der Waals surface area (Å²) in [6.07, 6.45) is 1.63. The second-order valence-electron chi connectivity index (χ2n) is 3.94. The Kier molecular flexibility index (Phi) is 2.87. The summed E-state index contributed by atoms with van der Waals surface area (Å²) in [5.74, 6) is 0.0475. The summed E-state index contributed by atoms with van der Waals surface area (Å²) in [5.41, 5.74) is 8.20. The van der Waals surface area contributed by atoms with Crippen LogP contribution in [-0.4, -0.2) is 15.8 Å². The fraction of sp³-hybridized carbons (Fsp3) is 0.154. The molecule has 2 heterocycles. The Hall–Kier alpha value is -2.23. The first-order valence-electron chi connectivity index (χ1n) is 5.28. The second kappa shape index (κ2) is 4.33. The Morgan fingerprint density at radius 2 is 2.06 bits per heavy atom. The van der Waals surface area contributed by atoms with Crippen LogP contribution in [0.4, 0.5) is 5.82 Å². The number of aromatic nitrogens is 2. The summed E-state index contributed by atoms with van der Waals surface area (Å²) in [5, 5.41) is 0. The van der Waals surface area contributed by atoms with Crippen LogP contribution in [0.3, 0.4) is 0 Å². The highest BCUT2D eigenvalue weighted by Crippen LogP contribution is 2.15. The van der Waals surface area contributed by atoms with E-state index in [-0.39, 0.29) is 11.6 Å². The van der Waals surface area contributed by atoms with Gasteiger partial charge in [-0.1, -0.05) is 6.07 Å². The third-order valence-electron chi connectivity index (χ3n) is 2.42. The van der Waals surface area contributed by atoms with E-state index in [1.807, 2.05) is 19.9 Å². The Morgan fingerprint density at radius 1 is 1.29 bits per heavy atom. The molecule has 0 atom stereocenters. The number of nitrogen functional groups attached to an aromatic ring is 1. The predicted octanol–water partition coefficient (Wildman–Crippen LogP) is 1.91. The molecule has 0 aliphatic carbocycles. The molecule has 2 aromatic rings.